The Morgan fingerprint density at radius 1 is 0.714 bits per heavy atom. The van der Waals surface area contributed by atoms with E-state index < -0.39 is 29.6 Å². The number of aliphatic carboxylic acids is 1. The molecule has 2 unspecified atom stereocenters. The predicted molar refractivity (Wildman–Crippen MR) is 130 cm³/mol. The smallest absolute Gasteiger partial charge is 0.310 e. The first-order chi connectivity index (χ1) is 17.0. The molecule has 2 aliphatic carbocycles. The lowest BCUT2D eigenvalue weighted by Crippen LogP contribution is -2.52. The van der Waals surface area contributed by atoms with Crippen LogP contribution in [-0.4, -0.2) is 37.4 Å². The molecule has 1 saturated carbocycles. The summed E-state index contributed by atoms with van der Waals surface area (Å²) >= 11 is 0. The fourth-order valence-electron chi connectivity index (χ4n) is 5.85. The molecule has 0 saturated heterocycles. The van der Waals surface area contributed by atoms with E-state index in [1.54, 1.807) is 26.4 Å². The molecule has 0 amide bonds. The van der Waals surface area contributed by atoms with E-state index in [0.717, 1.165) is 0 Å². The van der Waals surface area contributed by atoms with Crippen molar-refractivity contribution in [2.45, 2.75) is 30.8 Å². The molecule has 6 heteroatoms. The van der Waals surface area contributed by atoms with Crippen LogP contribution in [0, 0.1) is 11.8 Å². The number of methoxy groups -OCH3 is 2. The SMILES string of the molecule is COc1ccccc1C1C(C(=O)OC2Cc3ccccc3C2)[C@@H](c2ccccc2OC)[C@H]1C(=O)O. The highest BCUT2D eigenvalue weighted by molar-refractivity contribution is 5.85. The third kappa shape index (κ3) is 4.03. The quantitative estimate of drug-likeness (QED) is 0.506. The van der Waals surface area contributed by atoms with Crippen LogP contribution < -0.4 is 9.47 Å². The zero-order valence-electron chi connectivity index (χ0n) is 19.7. The van der Waals surface area contributed by atoms with E-state index in [1.807, 2.05) is 48.5 Å². The Kier molecular flexibility index (Phi) is 6.20. The van der Waals surface area contributed by atoms with E-state index in [1.165, 1.54) is 11.1 Å². The highest BCUT2D eigenvalue weighted by atomic mass is 16.5. The summed E-state index contributed by atoms with van der Waals surface area (Å²) in [5, 5.41) is 10.3. The Balaban J connectivity index is 1.53. The number of benzene rings is 3. The summed E-state index contributed by atoms with van der Waals surface area (Å²) in [5.41, 5.74) is 3.77. The first kappa shape index (κ1) is 23.0. The van der Waals surface area contributed by atoms with Gasteiger partial charge in [0.2, 0.25) is 0 Å². The lowest BCUT2D eigenvalue weighted by molar-refractivity contribution is -0.167. The van der Waals surface area contributed by atoms with Crippen LogP contribution in [0.5, 0.6) is 11.5 Å². The number of hydrogen-bond acceptors (Lipinski definition) is 5. The number of fused-ring (bicyclic) bond motifs is 1. The maximum atomic E-state index is 13.8. The summed E-state index contributed by atoms with van der Waals surface area (Å²) in [6, 6.07) is 22.7. The summed E-state index contributed by atoms with van der Waals surface area (Å²) in [6.45, 7) is 0. The fourth-order valence-corrected chi connectivity index (χ4v) is 5.85. The molecular formula is C29H28O6. The Labute approximate surface area is 204 Å². The van der Waals surface area contributed by atoms with Gasteiger partial charge in [-0.2, -0.15) is 0 Å². The molecular weight excluding hydrogens is 444 g/mol. The lowest BCUT2D eigenvalue weighted by atomic mass is 9.52. The molecule has 2 aliphatic rings. The van der Waals surface area contributed by atoms with E-state index in [0.29, 0.717) is 35.5 Å². The third-order valence-electron chi connectivity index (χ3n) is 7.40. The van der Waals surface area contributed by atoms with Gasteiger partial charge in [-0.25, -0.2) is 0 Å². The number of carboxylic acids is 1. The topological polar surface area (TPSA) is 82.1 Å². The molecule has 0 radical (unpaired) electrons. The minimum absolute atomic E-state index is 0.264. The molecule has 4 atom stereocenters. The summed E-state index contributed by atoms with van der Waals surface area (Å²) < 4.78 is 17.2. The molecule has 3 aromatic rings. The van der Waals surface area contributed by atoms with Crippen LogP contribution in [0.25, 0.3) is 0 Å². The number of hydrogen-bond donors (Lipinski definition) is 1. The second-order valence-corrected chi connectivity index (χ2v) is 9.16. The molecule has 6 nitrogen and oxygen atoms in total. The second-order valence-electron chi connectivity index (χ2n) is 9.16. The molecule has 35 heavy (non-hydrogen) atoms. The van der Waals surface area contributed by atoms with E-state index in [-0.39, 0.29) is 12.1 Å². The predicted octanol–water partition coefficient (Wildman–Crippen LogP) is 4.61. The lowest BCUT2D eigenvalue weighted by Gasteiger charge is -2.49. The molecule has 0 heterocycles. The molecule has 0 spiro atoms. The number of rotatable bonds is 7. The van der Waals surface area contributed by atoms with Crippen LogP contribution in [0.2, 0.25) is 0 Å². The van der Waals surface area contributed by atoms with Gasteiger partial charge in [0.1, 0.15) is 17.6 Å². The summed E-state index contributed by atoms with van der Waals surface area (Å²) in [6.07, 6.45) is 1.06. The Morgan fingerprint density at radius 3 is 1.63 bits per heavy atom. The van der Waals surface area contributed by atoms with Crippen molar-refractivity contribution in [3.63, 3.8) is 0 Å². The minimum atomic E-state index is -0.964. The summed E-state index contributed by atoms with van der Waals surface area (Å²) in [7, 11) is 3.10. The molecule has 3 aromatic carbocycles. The van der Waals surface area contributed by atoms with E-state index in [9.17, 15) is 14.7 Å². The number of carbonyl (C=O) groups excluding carboxylic acids is 1. The van der Waals surface area contributed by atoms with Gasteiger partial charge in [0.05, 0.1) is 26.1 Å². The van der Waals surface area contributed by atoms with Crippen LogP contribution in [-0.2, 0) is 27.2 Å². The Bertz CT molecular complexity index is 1170. The maximum absolute atomic E-state index is 13.8. The standard InChI is InChI=1S/C29H28O6/c1-33-22-13-7-5-11-20(22)24-26(28(30)31)25(21-12-6-8-14-23(21)34-2)27(24)29(32)35-19-15-17-9-3-4-10-18(17)16-19/h3-14,19,24-27H,15-16H2,1-2H3,(H,30,31)/t24-,25?,26+,27?/m0/s1. The first-order valence-electron chi connectivity index (χ1n) is 11.8. The molecule has 5 rings (SSSR count). The summed E-state index contributed by atoms with van der Waals surface area (Å²) in [4.78, 5) is 26.3. The van der Waals surface area contributed by atoms with Crippen LogP contribution >= 0.6 is 0 Å². The van der Waals surface area contributed by atoms with Gasteiger partial charge in [0.25, 0.3) is 0 Å². The van der Waals surface area contributed by atoms with Gasteiger partial charge in [0.15, 0.2) is 0 Å². The minimum Gasteiger partial charge on any atom is -0.496 e. The molecule has 0 aromatic heterocycles. The van der Waals surface area contributed by atoms with Gasteiger partial charge in [-0.3, -0.25) is 9.59 Å². The monoisotopic (exact) mass is 472 g/mol. The average molecular weight is 473 g/mol. The molecule has 180 valence electrons. The zero-order valence-corrected chi connectivity index (χ0v) is 19.7. The summed E-state index contributed by atoms with van der Waals surface area (Å²) in [5.74, 6) is -2.92. The molecule has 1 fully saturated rings. The van der Waals surface area contributed by atoms with Crippen molar-refractivity contribution in [2.75, 3.05) is 14.2 Å². The first-order valence-corrected chi connectivity index (χ1v) is 11.8. The molecule has 0 bridgehead atoms. The number of ether oxygens (including phenoxy) is 3. The van der Waals surface area contributed by atoms with Crippen molar-refractivity contribution in [3.8, 4) is 11.5 Å². The van der Waals surface area contributed by atoms with Crippen molar-refractivity contribution in [2.24, 2.45) is 11.8 Å². The number of carbonyl (C=O) groups is 2. The number of carboxylic acid groups (broad SMARTS) is 1. The van der Waals surface area contributed by atoms with E-state index in [2.05, 4.69) is 12.1 Å². The molecule has 1 N–H and O–H groups in total. The van der Waals surface area contributed by atoms with Crippen molar-refractivity contribution in [1.82, 2.24) is 0 Å². The largest absolute Gasteiger partial charge is 0.496 e. The second kappa shape index (κ2) is 9.45. The number of para-hydroxylation sites is 2. The van der Waals surface area contributed by atoms with Gasteiger partial charge in [-0.15, -0.1) is 0 Å². The van der Waals surface area contributed by atoms with Crippen LogP contribution in [0.15, 0.2) is 72.8 Å². The van der Waals surface area contributed by atoms with Crippen LogP contribution in [0.1, 0.15) is 34.1 Å². The van der Waals surface area contributed by atoms with Gasteiger partial charge >= 0.3 is 11.9 Å². The van der Waals surface area contributed by atoms with E-state index >= 15 is 0 Å². The van der Waals surface area contributed by atoms with Gasteiger partial charge in [0, 0.05) is 24.7 Å². The average Bonchev–Trinajstić information content (AvgIpc) is 3.26. The van der Waals surface area contributed by atoms with Crippen LogP contribution in [0.3, 0.4) is 0 Å². The van der Waals surface area contributed by atoms with Crippen molar-refractivity contribution >= 4 is 11.9 Å². The van der Waals surface area contributed by atoms with Crippen molar-refractivity contribution in [3.05, 3.63) is 95.1 Å². The Morgan fingerprint density at radius 2 is 1.17 bits per heavy atom. The Hall–Kier alpha value is -3.80. The van der Waals surface area contributed by atoms with Gasteiger partial charge < -0.3 is 19.3 Å². The maximum Gasteiger partial charge on any atom is 0.310 e. The highest BCUT2D eigenvalue weighted by Gasteiger charge is 2.60. The highest BCUT2D eigenvalue weighted by Crippen LogP contribution is 2.60. The van der Waals surface area contributed by atoms with E-state index in [4.69, 9.17) is 14.2 Å². The fraction of sp³-hybridized carbons (Fsp3) is 0.310. The number of esters is 1. The van der Waals surface area contributed by atoms with Crippen molar-refractivity contribution < 1.29 is 28.9 Å². The third-order valence-corrected chi connectivity index (χ3v) is 7.40. The van der Waals surface area contributed by atoms with Gasteiger partial charge in [-0.1, -0.05) is 60.7 Å². The van der Waals surface area contributed by atoms with Crippen LogP contribution in [0.4, 0.5) is 0 Å². The van der Waals surface area contributed by atoms with Gasteiger partial charge in [-0.05, 0) is 34.4 Å². The molecule has 0 aliphatic heterocycles. The normalized spacial score (nSPS) is 23.1. The zero-order chi connectivity index (χ0) is 24.5. The van der Waals surface area contributed by atoms with Crippen molar-refractivity contribution in [1.29, 1.82) is 0 Å².